The topological polar surface area (TPSA) is 26.3 Å². The van der Waals surface area contributed by atoms with Gasteiger partial charge in [0.25, 0.3) is 0 Å². The molecule has 0 radical (unpaired) electrons. The summed E-state index contributed by atoms with van der Waals surface area (Å²) in [6.07, 6.45) is 12.5. The van der Waals surface area contributed by atoms with Gasteiger partial charge in [0, 0.05) is 6.42 Å². The Hall–Kier alpha value is -1.57. The molecule has 116 valence electrons. The maximum Gasteiger partial charge on any atom is 0.305 e. The van der Waals surface area contributed by atoms with E-state index < -0.39 is 0 Å². The number of carbonyl (C=O) groups is 1. The highest BCUT2D eigenvalue weighted by molar-refractivity contribution is 5.69. The monoisotopic (exact) mass is 288 g/mol. The van der Waals surface area contributed by atoms with Crippen molar-refractivity contribution < 1.29 is 9.53 Å². The Balaban J connectivity index is 1.92. The number of carbonyl (C=O) groups excluding carboxylic acids is 1. The Morgan fingerprint density at radius 2 is 1.76 bits per heavy atom. The summed E-state index contributed by atoms with van der Waals surface area (Å²) in [6, 6.07) is 10.6. The highest BCUT2D eigenvalue weighted by Crippen LogP contribution is 2.06. The SMILES string of the molecule is CCCOC(=O)CCCCC=CCCCc1ccccc1. The van der Waals surface area contributed by atoms with E-state index in [1.54, 1.807) is 0 Å². The van der Waals surface area contributed by atoms with E-state index in [9.17, 15) is 4.79 Å². The van der Waals surface area contributed by atoms with E-state index in [2.05, 4.69) is 42.5 Å². The lowest BCUT2D eigenvalue weighted by atomic mass is 10.1. The second-order valence-electron chi connectivity index (χ2n) is 5.32. The highest BCUT2D eigenvalue weighted by atomic mass is 16.5. The van der Waals surface area contributed by atoms with Crippen molar-refractivity contribution in [3.8, 4) is 0 Å². The molecule has 2 heteroatoms. The number of unbranched alkanes of at least 4 members (excludes halogenated alkanes) is 3. The summed E-state index contributed by atoms with van der Waals surface area (Å²) < 4.78 is 5.04. The summed E-state index contributed by atoms with van der Waals surface area (Å²) in [5.74, 6) is -0.0521. The van der Waals surface area contributed by atoms with Crippen LogP contribution in [0.1, 0.15) is 57.4 Å². The van der Waals surface area contributed by atoms with E-state index in [4.69, 9.17) is 4.74 Å². The second-order valence-corrected chi connectivity index (χ2v) is 5.32. The first kappa shape index (κ1) is 17.5. The maximum absolute atomic E-state index is 11.3. The zero-order valence-electron chi connectivity index (χ0n) is 13.2. The molecule has 0 aliphatic carbocycles. The Labute approximate surface area is 129 Å². The minimum absolute atomic E-state index is 0.0521. The Kier molecular flexibility index (Phi) is 10.1. The van der Waals surface area contributed by atoms with Crippen LogP contribution in [-0.4, -0.2) is 12.6 Å². The molecule has 2 nitrogen and oxygen atoms in total. The smallest absolute Gasteiger partial charge is 0.305 e. The molecule has 0 N–H and O–H groups in total. The quantitative estimate of drug-likeness (QED) is 0.322. The van der Waals surface area contributed by atoms with Gasteiger partial charge in [0.1, 0.15) is 0 Å². The normalized spacial score (nSPS) is 10.9. The molecule has 0 fully saturated rings. The Morgan fingerprint density at radius 1 is 1.05 bits per heavy atom. The van der Waals surface area contributed by atoms with Gasteiger partial charge in [-0.2, -0.15) is 0 Å². The van der Waals surface area contributed by atoms with Gasteiger partial charge in [-0.15, -0.1) is 0 Å². The van der Waals surface area contributed by atoms with Crippen LogP contribution in [-0.2, 0) is 16.0 Å². The van der Waals surface area contributed by atoms with Crippen LogP contribution in [0, 0.1) is 0 Å². The van der Waals surface area contributed by atoms with E-state index in [1.165, 1.54) is 12.0 Å². The van der Waals surface area contributed by atoms with Gasteiger partial charge in [0.05, 0.1) is 6.61 Å². The number of benzene rings is 1. The minimum Gasteiger partial charge on any atom is -0.466 e. The Morgan fingerprint density at radius 3 is 2.48 bits per heavy atom. The molecule has 0 bridgehead atoms. The minimum atomic E-state index is -0.0521. The van der Waals surface area contributed by atoms with Gasteiger partial charge < -0.3 is 4.74 Å². The number of aryl methyl sites for hydroxylation is 1. The van der Waals surface area contributed by atoms with Crippen LogP contribution in [0.4, 0.5) is 0 Å². The largest absolute Gasteiger partial charge is 0.466 e. The lowest BCUT2D eigenvalue weighted by Gasteiger charge is -2.01. The third kappa shape index (κ3) is 9.89. The van der Waals surface area contributed by atoms with Gasteiger partial charge >= 0.3 is 5.97 Å². The van der Waals surface area contributed by atoms with Crippen molar-refractivity contribution in [2.24, 2.45) is 0 Å². The van der Waals surface area contributed by atoms with Crippen LogP contribution in [0.3, 0.4) is 0 Å². The van der Waals surface area contributed by atoms with Crippen LogP contribution >= 0.6 is 0 Å². The zero-order chi connectivity index (χ0) is 15.2. The number of allylic oxidation sites excluding steroid dienone is 2. The average molecular weight is 288 g/mol. The lowest BCUT2D eigenvalue weighted by molar-refractivity contribution is -0.143. The molecule has 0 amide bonds. The van der Waals surface area contributed by atoms with Gasteiger partial charge in [0.2, 0.25) is 0 Å². The van der Waals surface area contributed by atoms with E-state index in [0.29, 0.717) is 13.0 Å². The van der Waals surface area contributed by atoms with Crippen LogP contribution < -0.4 is 0 Å². The van der Waals surface area contributed by atoms with E-state index in [-0.39, 0.29) is 5.97 Å². The molecule has 0 saturated carbocycles. The number of rotatable bonds is 11. The molecule has 0 atom stereocenters. The molecule has 0 heterocycles. The summed E-state index contributed by atoms with van der Waals surface area (Å²) in [5, 5.41) is 0. The highest BCUT2D eigenvalue weighted by Gasteiger charge is 2.00. The molecule has 1 rings (SSSR count). The van der Waals surface area contributed by atoms with Crippen molar-refractivity contribution in [1.82, 2.24) is 0 Å². The first-order valence-corrected chi connectivity index (χ1v) is 8.17. The van der Waals surface area contributed by atoms with Crippen LogP contribution in [0.2, 0.25) is 0 Å². The van der Waals surface area contributed by atoms with Crippen LogP contribution in [0.25, 0.3) is 0 Å². The number of hydrogen-bond acceptors (Lipinski definition) is 2. The molecule has 0 aromatic heterocycles. The van der Waals surface area contributed by atoms with Crippen LogP contribution in [0.5, 0.6) is 0 Å². The summed E-state index contributed by atoms with van der Waals surface area (Å²) >= 11 is 0. The molecule has 0 aliphatic rings. The van der Waals surface area contributed by atoms with Crippen molar-refractivity contribution in [2.45, 2.75) is 58.3 Å². The fraction of sp³-hybridized carbons (Fsp3) is 0.526. The predicted octanol–water partition coefficient (Wildman–Crippen LogP) is 5.08. The van der Waals surface area contributed by atoms with Crippen molar-refractivity contribution in [3.05, 3.63) is 48.0 Å². The van der Waals surface area contributed by atoms with E-state index in [1.807, 2.05) is 6.92 Å². The fourth-order valence-corrected chi connectivity index (χ4v) is 2.12. The van der Waals surface area contributed by atoms with E-state index in [0.717, 1.165) is 38.5 Å². The lowest BCUT2D eigenvalue weighted by Crippen LogP contribution is -2.04. The van der Waals surface area contributed by atoms with Crippen LogP contribution in [0.15, 0.2) is 42.5 Å². The number of hydrogen-bond donors (Lipinski definition) is 0. The molecule has 1 aromatic rings. The average Bonchev–Trinajstić information content (AvgIpc) is 2.52. The van der Waals surface area contributed by atoms with Crippen molar-refractivity contribution in [3.63, 3.8) is 0 Å². The van der Waals surface area contributed by atoms with Gasteiger partial charge in [0.15, 0.2) is 0 Å². The fourth-order valence-electron chi connectivity index (χ4n) is 2.12. The van der Waals surface area contributed by atoms with Gasteiger partial charge in [-0.3, -0.25) is 4.79 Å². The first-order chi connectivity index (χ1) is 10.3. The summed E-state index contributed by atoms with van der Waals surface area (Å²) in [4.78, 5) is 11.3. The standard InChI is InChI=1S/C19H28O2/c1-2-17-21-19(20)16-12-7-5-3-4-6-9-13-18-14-10-8-11-15-18/h3-4,8,10-11,14-15H,2,5-7,9,12-13,16-17H2,1H3. The third-order valence-corrected chi connectivity index (χ3v) is 3.31. The van der Waals surface area contributed by atoms with Crippen molar-refractivity contribution in [2.75, 3.05) is 6.61 Å². The predicted molar refractivity (Wildman–Crippen MR) is 88.2 cm³/mol. The molecular weight excluding hydrogens is 260 g/mol. The Bertz CT molecular complexity index is 395. The zero-order valence-corrected chi connectivity index (χ0v) is 13.2. The van der Waals surface area contributed by atoms with E-state index >= 15 is 0 Å². The first-order valence-electron chi connectivity index (χ1n) is 8.17. The molecule has 1 aromatic carbocycles. The molecule has 0 unspecified atom stereocenters. The summed E-state index contributed by atoms with van der Waals surface area (Å²) in [7, 11) is 0. The van der Waals surface area contributed by atoms with Crippen molar-refractivity contribution in [1.29, 1.82) is 0 Å². The van der Waals surface area contributed by atoms with Gasteiger partial charge in [-0.25, -0.2) is 0 Å². The second kappa shape index (κ2) is 12.2. The number of ether oxygens (including phenoxy) is 1. The molecule has 0 saturated heterocycles. The molecular formula is C19H28O2. The van der Waals surface area contributed by atoms with Gasteiger partial charge in [-0.05, 0) is 50.5 Å². The maximum atomic E-state index is 11.3. The number of esters is 1. The summed E-state index contributed by atoms with van der Waals surface area (Å²) in [5.41, 5.74) is 1.41. The third-order valence-electron chi connectivity index (χ3n) is 3.31. The van der Waals surface area contributed by atoms with Crippen molar-refractivity contribution >= 4 is 5.97 Å². The summed E-state index contributed by atoms with van der Waals surface area (Å²) in [6.45, 7) is 2.57. The van der Waals surface area contributed by atoms with Gasteiger partial charge in [-0.1, -0.05) is 49.4 Å². The molecule has 21 heavy (non-hydrogen) atoms. The molecule has 0 spiro atoms. The molecule has 0 aliphatic heterocycles.